The zero-order valence-electron chi connectivity index (χ0n) is 20.1. The zero-order valence-corrected chi connectivity index (χ0v) is 20.1. The van der Waals surface area contributed by atoms with Crippen LogP contribution in [0, 0.1) is 34.8 Å². The average Bonchev–Trinajstić information content (AvgIpc) is 3.61. The third-order valence-electron chi connectivity index (χ3n) is 8.44. The molecule has 1 aliphatic heterocycles. The van der Waals surface area contributed by atoms with Gasteiger partial charge in [-0.1, -0.05) is 12.1 Å². The van der Waals surface area contributed by atoms with Gasteiger partial charge in [-0.05, 0) is 106 Å². The summed E-state index contributed by atoms with van der Waals surface area (Å²) < 4.78 is 27.1. The zero-order chi connectivity index (χ0) is 24.6. The molecule has 35 heavy (non-hydrogen) atoms. The topological polar surface area (TPSA) is 59.4 Å². The van der Waals surface area contributed by atoms with Gasteiger partial charge in [-0.2, -0.15) is 5.26 Å². The number of urea groups is 1. The molecule has 0 aromatic heterocycles. The largest absolute Gasteiger partial charge is 0.322 e. The molecule has 7 heteroatoms. The number of nitrogens with one attached hydrogen (secondary N) is 1. The molecule has 3 atom stereocenters. The molecule has 5 nitrogen and oxygen atoms in total. The van der Waals surface area contributed by atoms with Crippen LogP contribution < -0.4 is 5.32 Å². The van der Waals surface area contributed by atoms with Crippen LogP contribution in [0.3, 0.4) is 0 Å². The number of carbonyl (C=O) groups is 1. The Morgan fingerprint density at radius 2 is 1.97 bits per heavy atom. The summed E-state index contributed by atoms with van der Waals surface area (Å²) >= 11 is 0. The minimum absolute atomic E-state index is 0.111. The van der Waals surface area contributed by atoms with Crippen LogP contribution in [0.15, 0.2) is 42.5 Å². The molecule has 0 unspecified atom stereocenters. The van der Waals surface area contributed by atoms with Crippen LogP contribution in [-0.4, -0.2) is 48.6 Å². The van der Waals surface area contributed by atoms with E-state index in [-0.39, 0.29) is 23.2 Å². The number of benzene rings is 2. The number of hydrogen-bond acceptors (Lipinski definition) is 3. The summed E-state index contributed by atoms with van der Waals surface area (Å²) in [5, 5.41) is 12.1. The molecule has 2 aliphatic carbocycles. The van der Waals surface area contributed by atoms with Gasteiger partial charge in [0.15, 0.2) is 11.6 Å². The highest BCUT2D eigenvalue weighted by molar-refractivity contribution is 5.89. The second kappa shape index (κ2) is 9.58. The van der Waals surface area contributed by atoms with Gasteiger partial charge in [0.1, 0.15) is 0 Å². The number of fused-ring (bicyclic) bond motifs is 1. The van der Waals surface area contributed by atoms with Crippen molar-refractivity contribution >= 4 is 11.7 Å². The summed E-state index contributed by atoms with van der Waals surface area (Å²) in [7, 11) is 2.12. The molecular weight excluding hydrogens is 446 g/mol. The lowest BCUT2D eigenvalue weighted by atomic mass is 9.79. The van der Waals surface area contributed by atoms with Crippen molar-refractivity contribution in [3.05, 3.63) is 65.2 Å². The number of piperidine rings is 1. The van der Waals surface area contributed by atoms with Crippen LogP contribution in [0.25, 0.3) is 0 Å². The lowest BCUT2D eigenvalue weighted by Crippen LogP contribution is -2.48. The van der Waals surface area contributed by atoms with Gasteiger partial charge in [-0.25, -0.2) is 13.6 Å². The number of amides is 2. The van der Waals surface area contributed by atoms with Gasteiger partial charge in [-0.3, -0.25) is 0 Å². The first-order valence-electron chi connectivity index (χ1n) is 12.6. The van der Waals surface area contributed by atoms with Crippen LogP contribution in [-0.2, 0) is 5.41 Å². The Balaban J connectivity index is 1.32. The molecule has 1 saturated heterocycles. The van der Waals surface area contributed by atoms with E-state index < -0.39 is 11.6 Å². The maximum absolute atomic E-state index is 13.7. The summed E-state index contributed by atoms with van der Waals surface area (Å²) in [6.45, 7) is 2.72. The number of anilines is 1. The maximum atomic E-state index is 13.7. The number of nitriles is 1. The van der Waals surface area contributed by atoms with Crippen molar-refractivity contribution in [3.8, 4) is 6.07 Å². The van der Waals surface area contributed by atoms with Crippen LogP contribution in [0.5, 0.6) is 0 Å². The molecule has 0 spiro atoms. The number of halogens is 2. The molecule has 184 valence electrons. The van der Waals surface area contributed by atoms with Crippen molar-refractivity contribution in [2.24, 2.45) is 11.8 Å². The number of carbonyl (C=O) groups excluding carboxylic acids is 1. The summed E-state index contributed by atoms with van der Waals surface area (Å²) in [5.74, 6) is -0.972. The standard InChI is InChI=1S/C28H32F2N4O/c1-33-11-8-19(9-12-33)18-34(27(35)32-23-5-6-25(29)26(30)15-23)24-7-10-28(16-22(28)14-24)21-4-2-3-20(13-21)17-31/h2-6,13,15,19,22,24H,7-12,14,16,18H2,1H3,(H,32,35)/t22-,24+,28+/m0/s1. The number of hydrogen-bond donors (Lipinski definition) is 1. The van der Waals surface area contributed by atoms with Gasteiger partial charge in [0.05, 0.1) is 11.6 Å². The lowest BCUT2D eigenvalue weighted by molar-refractivity contribution is 0.124. The Labute approximate surface area is 205 Å². The van der Waals surface area contributed by atoms with E-state index in [0.29, 0.717) is 23.9 Å². The average molecular weight is 479 g/mol. The predicted octanol–water partition coefficient (Wildman–Crippen LogP) is 5.52. The first kappa shape index (κ1) is 23.7. The first-order valence-corrected chi connectivity index (χ1v) is 12.6. The van der Waals surface area contributed by atoms with E-state index in [4.69, 9.17) is 0 Å². The van der Waals surface area contributed by atoms with Gasteiger partial charge in [-0.15, -0.1) is 0 Å². The Kier molecular flexibility index (Phi) is 6.50. The molecule has 2 saturated carbocycles. The molecule has 0 radical (unpaired) electrons. The van der Waals surface area contributed by atoms with E-state index in [1.807, 2.05) is 23.1 Å². The minimum atomic E-state index is -0.968. The smallest absolute Gasteiger partial charge is 0.321 e. The van der Waals surface area contributed by atoms with Crippen molar-refractivity contribution in [3.63, 3.8) is 0 Å². The third kappa shape index (κ3) is 4.90. The molecule has 2 amide bonds. The minimum Gasteiger partial charge on any atom is -0.321 e. The highest BCUT2D eigenvalue weighted by atomic mass is 19.2. The van der Waals surface area contributed by atoms with E-state index in [1.165, 1.54) is 11.6 Å². The number of rotatable bonds is 5. The normalized spacial score (nSPS) is 26.5. The lowest BCUT2D eigenvalue weighted by Gasteiger charge is -2.40. The maximum Gasteiger partial charge on any atom is 0.322 e. The van der Waals surface area contributed by atoms with Crippen molar-refractivity contribution < 1.29 is 13.6 Å². The Bertz CT molecular complexity index is 1140. The van der Waals surface area contributed by atoms with Gasteiger partial charge in [0.2, 0.25) is 0 Å². The molecule has 2 aromatic rings. The van der Waals surface area contributed by atoms with Crippen molar-refractivity contribution in [1.29, 1.82) is 5.26 Å². The monoisotopic (exact) mass is 478 g/mol. The van der Waals surface area contributed by atoms with Crippen LogP contribution in [0.2, 0.25) is 0 Å². The Hall–Kier alpha value is -2.98. The molecule has 2 aromatic carbocycles. The summed E-state index contributed by atoms with van der Waals surface area (Å²) in [6, 6.07) is 13.6. The molecule has 0 bridgehead atoms. The quantitative estimate of drug-likeness (QED) is 0.615. The molecule has 1 N–H and O–H groups in total. The van der Waals surface area contributed by atoms with E-state index in [1.54, 1.807) is 0 Å². The third-order valence-corrected chi connectivity index (χ3v) is 8.44. The van der Waals surface area contributed by atoms with Gasteiger partial charge < -0.3 is 15.1 Å². The van der Waals surface area contributed by atoms with Crippen molar-refractivity contribution in [1.82, 2.24) is 9.80 Å². The van der Waals surface area contributed by atoms with Gasteiger partial charge in [0, 0.05) is 24.3 Å². The van der Waals surface area contributed by atoms with Crippen molar-refractivity contribution in [2.45, 2.75) is 50.0 Å². The highest BCUT2D eigenvalue weighted by Gasteiger charge is 2.58. The van der Waals surface area contributed by atoms with E-state index in [9.17, 15) is 18.8 Å². The molecule has 3 aliphatic rings. The fourth-order valence-electron chi connectivity index (χ4n) is 6.24. The van der Waals surface area contributed by atoms with Crippen LogP contribution in [0.4, 0.5) is 19.3 Å². The fourth-order valence-corrected chi connectivity index (χ4v) is 6.24. The van der Waals surface area contributed by atoms with Gasteiger partial charge >= 0.3 is 6.03 Å². The van der Waals surface area contributed by atoms with Gasteiger partial charge in [0.25, 0.3) is 0 Å². The molecule has 5 rings (SSSR count). The number of likely N-dealkylation sites (tertiary alicyclic amines) is 1. The van der Waals surface area contributed by atoms with Crippen LogP contribution >= 0.6 is 0 Å². The van der Waals surface area contributed by atoms with Crippen LogP contribution in [0.1, 0.15) is 49.7 Å². The highest BCUT2D eigenvalue weighted by Crippen LogP contribution is 2.63. The Morgan fingerprint density at radius 1 is 1.17 bits per heavy atom. The van der Waals surface area contributed by atoms with Crippen molar-refractivity contribution in [2.75, 3.05) is 32.0 Å². The summed E-state index contributed by atoms with van der Waals surface area (Å²) in [4.78, 5) is 17.7. The predicted molar refractivity (Wildman–Crippen MR) is 131 cm³/mol. The molecule has 3 fully saturated rings. The summed E-state index contributed by atoms with van der Waals surface area (Å²) in [5.41, 5.74) is 2.33. The summed E-state index contributed by atoms with van der Waals surface area (Å²) in [6.07, 6.45) is 5.99. The molecular formula is C28H32F2N4O. The first-order chi connectivity index (χ1) is 16.9. The molecule has 1 heterocycles. The second-order valence-corrected chi connectivity index (χ2v) is 10.6. The Morgan fingerprint density at radius 3 is 2.69 bits per heavy atom. The number of nitrogens with zero attached hydrogens (tertiary/aromatic N) is 3. The van der Waals surface area contributed by atoms with E-state index >= 15 is 0 Å². The van der Waals surface area contributed by atoms with E-state index in [2.05, 4.69) is 29.4 Å². The van der Waals surface area contributed by atoms with E-state index in [0.717, 1.165) is 63.7 Å². The fraction of sp³-hybridized carbons (Fsp3) is 0.500. The SMILES string of the molecule is CN1CCC(CN(C(=O)Nc2ccc(F)c(F)c2)[C@@H]2CC[C@]3(c4cccc(C#N)c4)C[C@@H]3C2)CC1. The second-order valence-electron chi connectivity index (χ2n) is 10.6.